The maximum Gasteiger partial charge on any atom is 0.315 e. The Bertz CT molecular complexity index is 443. The van der Waals surface area contributed by atoms with Crippen LogP contribution >= 0.6 is 15.9 Å². The molecule has 0 spiro atoms. The first-order valence-electron chi connectivity index (χ1n) is 6.66. The van der Waals surface area contributed by atoms with Gasteiger partial charge in [-0.3, -0.25) is 0 Å². The molecule has 3 N–H and O–H groups in total. The van der Waals surface area contributed by atoms with Gasteiger partial charge in [-0.05, 0) is 43.0 Å². The fourth-order valence-electron chi connectivity index (χ4n) is 1.82. The van der Waals surface area contributed by atoms with Gasteiger partial charge in [0.05, 0.1) is 0 Å². The van der Waals surface area contributed by atoms with Crippen LogP contribution in [0, 0.1) is 5.82 Å². The van der Waals surface area contributed by atoms with E-state index >= 15 is 0 Å². The van der Waals surface area contributed by atoms with Crippen LogP contribution in [0.25, 0.3) is 0 Å². The number of hydrogen-bond donors (Lipinski definition) is 3. The second-order valence-electron chi connectivity index (χ2n) is 4.50. The number of benzene rings is 1. The van der Waals surface area contributed by atoms with Crippen LogP contribution in [0.1, 0.15) is 25.3 Å². The van der Waals surface area contributed by atoms with Crippen LogP contribution in [0.4, 0.5) is 9.18 Å². The lowest BCUT2D eigenvalue weighted by Crippen LogP contribution is -2.42. The third-order valence-corrected chi connectivity index (χ3v) is 3.49. The van der Waals surface area contributed by atoms with E-state index in [1.54, 1.807) is 12.1 Å². The van der Waals surface area contributed by atoms with Crippen LogP contribution in [0.15, 0.2) is 22.7 Å². The minimum atomic E-state index is -0.291. The number of amides is 2. The van der Waals surface area contributed by atoms with E-state index in [9.17, 15) is 9.18 Å². The topological polar surface area (TPSA) is 61.4 Å². The summed E-state index contributed by atoms with van der Waals surface area (Å²) in [5.41, 5.74) is 0.557. The molecule has 20 heavy (non-hydrogen) atoms. The van der Waals surface area contributed by atoms with Crippen molar-refractivity contribution >= 4 is 22.0 Å². The van der Waals surface area contributed by atoms with Gasteiger partial charge in [-0.25, -0.2) is 9.18 Å². The Morgan fingerprint density at radius 3 is 2.90 bits per heavy atom. The van der Waals surface area contributed by atoms with Crippen LogP contribution < -0.4 is 10.6 Å². The zero-order valence-corrected chi connectivity index (χ0v) is 13.0. The van der Waals surface area contributed by atoms with Crippen LogP contribution in [0.2, 0.25) is 0 Å². The molecule has 0 radical (unpaired) electrons. The summed E-state index contributed by atoms with van der Waals surface area (Å²) in [4.78, 5) is 11.6. The quantitative estimate of drug-likeness (QED) is 0.710. The van der Waals surface area contributed by atoms with E-state index in [0.29, 0.717) is 24.9 Å². The first-order valence-corrected chi connectivity index (χ1v) is 7.45. The molecule has 1 aromatic rings. The zero-order chi connectivity index (χ0) is 15.0. The number of aliphatic hydroxyl groups excluding tert-OH is 1. The average Bonchev–Trinajstić information content (AvgIpc) is 2.42. The number of halogens is 2. The number of hydrogen-bond acceptors (Lipinski definition) is 2. The summed E-state index contributed by atoms with van der Waals surface area (Å²) in [5.74, 6) is -0.276. The first kappa shape index (κ1) is 16.9. The van der Waals surface area contributed by atoms with Gasteiger partial charge in [0.25, 0.3) is 0 Å². The van der Waals surface area contributed by atoms with Gasteiger partial charge in [-0.1, -0.05) is 22.9 Å². The monoisotopic (exact) mass is 346 g/mol. The summed E-state index contributed by atoms with van der Waals surface area (Å²) in [6.07, 6.45) is 1.72. The molecular formula is C14H20BrFN2O2. The summed E-state index contributed by atoms with van der Waals surface area (Å²) in [7, 11) is 0. The summed E-state index contributed by atoms with van der Waals surface area (Å²) in [5, 5.41) is 14.3. The van der Waals surface area contributed by atoms with E-state index in [1.807, 2.05) is 6.92 Å². The second-order valence-corrected chi connectivity index (χ2v) is 5.42. The van der Waals surface area contributed by atoms with Crippen LogP contribution in [-0.4, -0.2) is 30.3 Å². The largest absolute Gasteiger partial charge is 0.396 e. The van der Waals surface area contributed by atoms with Crippen molar-refractivity contribution in [3.8, 4) is 0 Å². The molecule has 4 nitrogen and oxygen atoms in total. The first-order chi connectivity index (χ1) is 9.56. The maximum atomic E-state index is 13.5. The van der Waals surface area contributed by atoms with E-state index in [1.165, 1.54) is 6.07 Å². The Labute approximate surface area is 126 Å². The van der Waals surface area contributed by atoms with Crippen molar-refractivity contribution in [1.82, 2.24) is 10.6 Å². The Balaban J connectivity index is 2.36. The summed E-state index contributed by atoms with van der Waals surface area (Å²) < 4.78 is 14.3. The number of rotatable bonds is 7. The van der Waals surface area contributed by atoms with E-state index in [4.69, 9.17) is 5.11 Å². The highest BCUT2D eigenvalue weighted by Gasteiger charge is 2.09. The van der Waals surface area contributed by atoms with Gasteiger partial charge in [-0.2, -0.15) is 0 Å². The fourth-order valence-corrected chi connectivity index (χ4v) is 2.22. The minimum Gasteiger partial charge on any atom is -0.396 e. The van der Waals surface area contributed by atoms with Crippen molar-refractivity contribution in [3.05, 3.63) is 34.1 Å². The normalized spacial score (nSPS) is 12.0. The van der Waals surface area contributed by atoms with E-state index in [2.05, 4.69) is 26.6 Å². The number of urea groups is 1. The van der Waals surface area contributed by atoms with Crippen molar-refractivity contribution in [2.24, 2.45) is 0 Å². The van der Waals surface area contributed by atoms with Crippen molar-refractivity contribution in [3.63, 3.8) is 0 Å². The molecule has 1 rings (SSSR count). The lowest BCUT2D eigenvalue weighted by atomic mass is 10.1. The van der Waals surface area contributed by atoms with Crippen LogP contribution in [0.3, 0.4) is 0 Å². The maximum absolute atomic E-state index is 13.5. The lowest BCUT2D eigenvalue weighted by Gasteiger charge is -2.16. The smallest absolute Gasteiger partial charge is 0.315 e. The predicted octanol–water partition coefficient (Wildman–Crippen LogP) is 2.59. The van der Waals surface area contributed by atoms with Crippen LogP contribution in [0.5, 0.6) is 0 Å². The molecule has 0 saturated heterocycles. The average molecular weight is 347 g/mol. The molecule has 0 aliphatic carbocycles. The number of nitrogens with one attached hydrogen (secondary N) is 2. The molecule has 0 fully saturated rings. The molecule has 1 unspecified atom stereocenters. The van der Waals surface area contributed by atoms with E-state index < -0.39 is 0 Å². The highest BCUT2D eigenvalue weighted by atomic mass is 79.9. The van der Waals surface area contributed by atoms with Gasteiger partial charge in [-0.15, -0.1) is 0 Å². The number of carbonyl (C=O) groups is 1. The van der Waals surface area contributed by atoms with E-state index in [0.717, 1.165) is 10.9 Å². The third kappa shape index (κ3) is 5.88. The molecule has 0 saturated carbocycles. The molecular weight excluding hydrogens is 327 g/mol. The summed E-state index contributed by atoms with van der Waals surface area (Å²) in [6, 6.07) is 4.41. The highest BCUT2D eigenvalue weighted by Crippen LogP contribution is 2.15. The Morgan fingerprint density at radius 2 is 2.25 bits per heavy atom. The number of aliphatic hydroxyl groups is 1. The SMILES string of the molecule is CCC(CCO)NC(=O)NCCc1cc(Br)ccc1F. The summed E-state index contributed by atoms with van der Waals surface area (Å²) in [6.45, 7) is 2.34. The molecule has 0 aromatic heterocycles. The Hall–Kier alpha value is -1.14. The van der Waals surface area contributed by atoms with Crippen molar-refractivity contribution < 1.29 is 14.3 Å². The number of carbonyl (C=O) groups excluding carboxylic acids is 1. The molecule has 1 atom stereocenters. The molecule has 0 aliphatic rings. The molecule has 0 aliphatic heterocycles. The Morgan fingerprint density at radius 1 is 1.50 bits per heavy atom. The lowest BCUT2D eigenvalue weighted by molar-refractivity contribution is 0.228. The molecule has 0 heterocycles. The molecule has 1 aromatic carbocycles. The van der Waals surface area contributed by atoms with Gasteiger partial charge in [0, 0.05) is 23.7 Å². The molecule has 6 heteroatoms. The minimum absolute atomic E-state index is 0.0393. The summed E-state index contributed by atoms with van der Waals surface area (Å²) >= 11 is 3.29. The highest BCUT2D eigenvalue weighted by molar-refractivity contribution is 9.10. The third-order valence-electron chi connectivity index (χ3n) is 2.99. The van der Waals surface area contributed by atoms with Gasteiger partial charge in [0.15, 0.2) is 0 Å². The van der Waals surface area contributed by atoms with Gasteiger partial charge in [0.1, 0.15) is 5.82 Å². The van der Waals surface area contributed by atoms with E-state index in [-0.39, 0.29) is 24.5 Å². The van der Waals surface area contributed by atoms with Gasteiger partial charge >= 0.3 is 6.03 Å². The zero-order valence-electron chi connectivity index (χ0n) is 11.5. The van der Waals surface area contributed by atoms with Gasteiger partial charge in [0.2, 0.25) is 0 Å². The standard InChI is InChI=1S/C14H20BrFN2O2/c1-2-12(6-8-19)18-14(20)17-7-5-10-9-11(15)3-4-13(10)16/h3-4,9,12,19H,2,5-8H2,1H3,(H2,17,18,20). The van der Waals surface area contributed by atoms with Gasteiger partial charge < -0.3 is 15.7 Å². The fraction of sp³-hybridized carbons (Fsp3) is 0.500. The Kier molecular flexibility index (Phi) is 7.54. The molecule has 2 amide bonds. The predicted molar refractivity (Wildman–Crippen MR) is 80.1 cm³/mol. The molecule has 0 bridgehead atoms. The second kappa shape index (κ2) is 8.92. The van der Waals surface area contributed by atoms with Crippen molar-refractivity contribution in [2.45, 2.75) is 32.2 Å². The molecule has 112 valence electrons. The van der Waals surface area contributed by atoms with Crippen molar-refractivity contribution in [2.75, 3.05) is 13.2 Å². The van der Waals surface area contributed by atoms with Crippen molar-refractivity contribution in [1.29, 1.82) is 0 Å². The van der Waals surface area contributed by atoms with Crippen LogP contribution in [-0.2, 0) is 6.42 Å².